The van der Waals surface area contributed by atoms with Gasteiger partial charge in [-0.25, -0.2) is 0 Å². The molecular weight excluding hydrogens is 438 g/mol. The third kappa shape index (κ3) is 3.66. The van der Waals surface area contributed by atoms with E-state index in [-0.39, 0.29) is 24.5 Å². The second-order valence-corrected chi connectivity index (χ2v) is 8.73. The van der Waals surface area contributed by atoms with Gasteiger partial charge in [0, 0.05) is 23.1 Å². The van der Waals surface area contributed by atoms with E-state index in [0.29, 0.717) is 27.5 Å². The SMILES string of the molecule is Cc1cc(C=C2SC(=O)N(Cc3ccccc3C#N)C2=O)c(C)n1-c1ccc2c(c1)OCO2. The van der Waals surface area contributed by atoms with Crippen molar-refractivity contribution in [1.29, 1.82) is 5.26 Å². The summed E-state index contributed by atoms with van der Waals surface area (Å²) in [6.07, 6.45) is 1.76. The molecule has 0 aliphatic carbocycles. The first-order valence-electron chi connectivity index (χ1n) is 10.3. The molecule has 33 heavy (non-hydrogen) atoms. The molecular formula is C25H19N3O4S. The number of aromatic nitrogens is 1. The van der Waals surface area contributed by atoms with Crippen LogP contribution in [0.2, 0.25) is 0 Å². The Morgan fingerprint density at radius 1 is 1.09 bits per heavy atom. The van der Waals surface area contributed by atoms with Crippen LogP contribution in [0.1, 0.15) is 28.1 Å². The lowest BCUT2D eigenvalue weighted by atomic mass is 10.1. The van der Waals surface area contributed by atoms with E-state index in [1.807, 2.05) is 38.1 Å². The Morgan fingerprint density at radius 3 is 2.70 bits per heavy atom. The van der Waals surface area contributed by atoms with Gasteiger partial charge in [-0.15, -0.1) is 0 Å². The van der Waals surface area contributed by atoms with Crippen molar-refractivity contribution in [3.05, 3.63) is 81.5 Å². The van der Waals surface area contributed by atoms with E-state index in [1.54, 1.807) is 30.3 Å². The molecule has 2 amide bonds. The van der Waals surface area contributed by atoms with E-state index < -0.39 is 0 Å². The summed E-state index contributed by atoms with van der Waals surface area (Å²) >= 11 is 0.915. The minimum Gasteiger partial charge on any atom is -0.454 e. The van der Waals surface area contributed by atoms with Crippen LogP contribution in [0.25, 0.3) is 11.8 Å². The van der Waals surface area contributed by atoms with Gasteiger partial charge in [-0.1, -0.05) is 18.2 Å². The van der Waals surface area contributed by atoms with Crippen LogP contribution in [0.4, 0.5) is 4.79 Å². The van der Waals surface area contributed by atoms with Gasteiger partial charge in [-0.05, 0) is 67.1 Å². The summed E-state index contributed by atoms with van der Waals surface area (Å²) < 4.78 is 13.0. The minimum atomic E-state index is -0.356. The van der Waals surface area contributed by atoms with Crippen LogP contribution in [0.3, 0.4) is 0 Å². The predicted octanol–water partition coefficient (Wildman–Crippen LogP) is 4.93. The Kier molecular flexibility index (Phi) is 5.19. The van der Waals surface area contributed by atoms with Gasteiger partial charge in [-0.2, -0.15) is 5.26 Å². The summed E-state index contributed by atoms with van der Waals surface area (Å²) in [6.45, 7) is 4.24. The normalized spacial score (nSPS) is 16.0. The van der Waals surface area contributed by atoms with Crippen LogP contribution in [0, 0.1) is 25.2 Å². The van der Waals surface area contributed by atoms with E-state index in [1.165, 1.54) is 4.90 Å². The quantitative estimate of drug-likeness (QED) is 0.517. The zero-order valence-corrected chi connectivity index (χ0v) is 18.8. The van der Waals surface area contributed by atoms with Gasteiger partial charge < -0.3 is 14.0 Å². The molecule has 0 unspecified atom stereocenters. The number of aryl methyl sites for hydroxylation is 1. The number of carbonyl (C=O) groups excluding carboxylic acids is 2. The monoisotopic (exact) mass is 457 g/mol. The second-order valence-electron chi connectivity index (χ2n) is 7.74. The standard InChI is InChI=1S/C25H19N3O4S/c1-15-9-19(16(2)28(15)20-7-8-21-22(11-20)32-14-31-21)10-23-24(29)27(25(30)33-23)13-18-6-4-3-5-17(18)12-26/h3-11H,13-14H2,1-2H3. The molecule has 0 radical (unpaired) electrons. The van der Waals surface area contributed by atoms with Crippen molar-refractivity contribution < 1.29 is 19.1 Å². The molecule has 2 aliphatic rings. The lowest BCUT2D eigenvalue weighted by Crippen LogP contribution is -2.27. The smallest absolute Gasteiger partial charge is 0.293 e. The number of benzene rings is 2. The maximum Gasteiger partial charge on any atom is 0.293 e. The number of imide groups is 1. The van der Waals surface area contributed by atoms with Crippen LogP contribution in [-0.2, 0) is 11.3 Å². The number of hydrogen-bond donors (Lipinski definition) is 0. The highest BCUT2D eigenvalue weighted by molar-refractivity contribution is 8.18. The fourth-order valence-corrected chi connectivity index (χ4v) is 4.90. The molecule has 8 heteroatoms. The van der Waals surface area contributed by atoms with Crippen molar-refractivity contribution in [2.75, 3.05) is 6.79 Å². The number of hydrogen-bond acceptors (Lipinski definition) is 6. The molecule has 0 bridgehead atoms. The van der Waals surface area contributed by atoms with Gasteiger partial charge in [0.05, 0.1) is 23.1 Å². The molecule has 0 N–H and O–H groups in total. The Balaban J connectivity index is 1.44. The zero-order chi connectivity index (χ0) is 23.1. The maximum absolute atomic E-state index is 13.0. The number of ether oxygens (including phenoxy) is 2. The highest BCUT2D eigenvalue weighted by atomic mass is 32.2. The van der Waals surface area contributed by atoms with E-state index in [2.05, 4.69) is 10.6 Å². The van der Waals surface area contributed by atoms with Crippen molar-refractivity contribution in [2.45, 2.75) is 20.4 Å². The van der Waals surface area contributed by atoms with Gasteiger partial charge in [-0.3, -0.25) is 14.5 Å². The summed E-state index contributed by atoms with van der Waals surface area (Å²) in [5, 5.41) is 8.96. The molecule has 0 saturated carbocycles. The average Bonchev–Trinajstić information content (AvgIpc) is 3.46. The molecule has 3 aromatic rings. The molecule has 2 aliphatic heterocycles. The number of nitriles is 1. The third-order valence-electron chi connectivity index (χ3n) is 5.71. The van der Waals surface area contributed by atoms with Gasteiger partial charge in [0.1, 0.15) is 0 Å². The van der Waals surface area contributed by atoms with Crippen molar-refractivity contribution >= 4 is 29.0 Å². The van der Waals surface area contributed by atoms with Crippen molar-refractivity contribution in [3.8, 4) is 23.3 Å². The van der Waals surface area contributed by atoms with Gasteiger partial charge in [0.15, 0.2) is 11.5 Å². The van der Waals surface area contributed by atoms with Crippen LogP contribution < -0.4 is 9.47 Å². The van der Waals surface area contributed by atoms with Crippen LogP contribution in [0.5, 0.6) is 11.5 Å². The minimum absolute atomic E-state index is 0.0714. The maximum atomic E-state index is 13.0. The summed E-state index contributed by atoms with van der Waals surface area (Å²) in [6, 6.07) is 16.8. The summed E-state index contributed by atoms with van der Waals surface area (Å²) in [5.74, 6) is 1.05. The van der Waals surface area contributed by atoms with Gasteiger partial charge >= 0.3 is 0 Å². The van der Waals surface area contributed by atoms with Crippen molar-refractivity contribution in [2.24, 2.45) is 0 Å². The summed E-state index contributed by atoms with van der Waals surface area (Å²) in [5.41, 5.74) is 4.80. The topological polar surface area (TPSA) is 84.6 Å². The predicted molar refractivity (Wildman–Crippen MR) is 124 cm³/mol. The largest absolute Gasteiger partial charge is 0.454 e. The molecule has 1 aromatic heterocycles. The molecule has 1 saturated heterocycles. The first kappa shape index (κ1) is 20.9. The molecule has 7 nitrogen and oxygen atoms in total. The number of amides is 2. The fourth-order valence-electron chi connectivity index (χ4n) is 4.07. The van der Waals surface area contributed by atoms with E-state index in [4.69, 9.17) is 9.47 Å². The first-order valence-corrected chi connectivity index (χ1v) is 11.1. The molecule has 5 rings (SSSR count). The van der Waals surface area contributed by atoms with Crippen LogP contribution in [0.15, 0.2) is 53.4 Å². The Bertz CT molecular complexity index is 1380. The van der Waals surface area contributed by atoms with Crippen molar-refractivity contribution in [1.82, 2.24) is 9.47 Å². The number of nitrogens with zero attached hydrogens (tertiary/aromatic N) is 3. The van der Waals surface area contributed by atoms with Crippen LogP contribution in [-0.4, -0.2) is 27.4 Å². The number of rotatable bonds is 4. The van der Waals surface area contributed by atoms with Crippen LogP contribution >= 0.6 is 11.8 Å². The van der Waals surface area contributed by atoms with E-state index >= 15 is 0 Å². The number of fused-ring (bicyclic) bond motifs is 1. The highest BCUT2D eigenvalue weighted by Crippen LogP contribution is 2.37. The van der Waals surface area contributed by atoms with Gasteiger partial charge in [0.2, 0.25) is 6.79 Å². The zero-order valence-electron chi connectivity index (χ0n) is 18.0. The molecule has 1 fully saturated rings. The Morgan fingerprint density at radius 2 is 1.88 bits per heavy atom. The fraction of sp³-hybridized carbons (Fsp3) is 0.160. The first-order chi connectivity index (χ1) is 16.0. The summed E-state index contributed by atoms with van der Waals surface area (Å²) in [7, 11) is 0. The second kappa shape index (κ2) is 8.19. The molecule has 0 atom stereocenters. The summed E-state index contributed by atoms with van der Waals surface area (Å²) in [4.78, 5) is 27.2. The van der Waals surface area contributed by atoms with Crippen molar-refractivity contribution in [3.63, 3.8) is 0 Å². The number of carbonyl (C=O) groups is 2. The lowest BCUT2D eigenvalue weighted by molar-refractivity contribution is -0.123. The third-order valence-corrected chi connectivity index (χ3v) is 6.62. The molecule has 164 valence electrons. The number of thioether (sulfide) groups is 1. The lowest BCUT2D eigenvalue weighted by Gasteiger charge is -2.13. The molecule has 2 aromatic carbocycles. The highest BCUT2D eigenvalue weighted by Gasteiger charge is 2.35. The average molecular weight is 458 g/mol. The molecule has 3 heterocycles. The Hall–Kier alpha value is -3.96. The van der Waals surface area contributed by atoms with Gasteiger partial charge in [0.25, 0.3) is 11.1 Å². The van der Waals surface area contributed by atoms with E-state index in [9.17, 15) is 14.9 Å². The van der Waals surface area contributed by atoms with E-state index in [0.717, 1.165) is 34.4 Å². The molecule has 0 spiro atoms. The Labute approximate surface area is 194 Å².